The van der Waals surface area contributed by atoms with E-state index >= 15 is 0 Å². The number of nitrogens with zero attached hydrogens (tertiary/aromatic N) is 1. The van der Waals surface area contributed by atoms with Crippen LogP contribution in [0.5, 0.6) is 5.75 Å². The fourth-order valence-corrected chi connectivity index (χ4v) is 4.96. The lowest BCUT2D eigenvalue weighted by atomic mass is 9.92. The number of hydrogen-bond donors (Lipinski definition) is 4. The molecule has 0 unspecified atom stereocenters. The first-order chi connectivity index (χ1) is 17.9. The summed E-state index contributed by atoms with van der Waals surface area (Å²) >= 11 is 0. The van der Waals surface area contributed by atoms with Crippen LogP contribution in [0.4, 0.5) is 0 Å². The highest BCUT2D eigenvalue weighted by Crippen LogP contribution is 2.22. The highest BCUT2D eigenvalue weighted by Gasteiger charge is 2.32. The van der Waals surface area contributed by atoms with Crippen LogP contribution in [0, 0.1) is 11.8 Å². The van der Waals surface area contributed by atoms with Crippen molar-refractivity contribution in [1.29, 1.82) is 0 Å². The molecule has 1 aromatic rings. The minimum absolute atomic E-state index is 0.0575. The number of rotatable bonds is 12. The van der Waals surface area contributed by atoms with Gasteiger partial charge in [0.2, 0.25) is 17.7 Å². The average Bonchev–Trinajstić information content (AvgIpc) is 2.92. The number of carboxylic acids is 1. The van der Waals surface area contributed by atoms with Gasteiger partial charge in [-0.3, -0.25) is 14.4 Å². The van der Waals surface area contributed by atoms with E-state index in [1.54, 1.807) is 12.0 Å². The van der Waals surface area contributed by atoms with E-state index < -0.39 is 29.7 Å². The minimum atomic E-state index is -1.32. The van der Waals surface area contributed by atoms with Gasteiger partial charge in [-0.1, -0.05) is 12.1 Å². The van der Waals surface area contributed by atoms with Gasteiger partial charge >= 0.3 is 5.97 Å². The summed E-state index contributed by atoms with van der Waals surface area (Å²) < 4.78 is 5.12. The second-order valence-electron chi connectivity index (χ2n) is 9.96. The van der Waals surface area contributed by atoms with Gasteiger partial charge in [0.15, 0.2) is 0 Å². The number of aliphatic carboxylic acids is 1. The number of nitrogens with one attached hydrogen (secondary N) is 3. The van der Waals surface area contributed by atoms with E-state index in [2.05, 4.69) is 16.0 Å². The summed E-state index contributed by atoms with van der Waals surface area (Å²) in [6.07, 6.45) is 5.04. The molecule has 3 amide bonds. The minimum Gasteiger partial charge on any atom is -0.497 e. The number of ether oxygens (including phenoxy) is 1. The normalized spacial score (nSPS) is 19.1. The fourth-order valence-electron chi connectivity index (χ4n) is 4.96. The predicted molar refractivity (Wildman–Crippen MR) is 138 cm³/mol. The molecule has 10 heteroatoms. The highest BCUT2D eigenvalue weighted by atomic mass is 16.5. The quantitative estimate of drug-likeness (QED) is 0.329. The zero-order valence-corrected chi connectivity index (χ0v) is 21.7. The molecule has 204 valence electrons. The molecule has 0 saturated carbocycles. The Morgan fingerprint density at radius 2 is 1.86 bits per heavy atom. The third kappa shape index (κ3) is 9.35. The third-order valence-electron chi connectivity index (χ3n) is 7.27. The molecule has 2 aliphatic rings. The van der Waals surface area contributed by atoms with Crippen LogP contribution in [0.15, 0.2) is 24.3 Å². The van der Waals surface area contributed by atoms with Crippen molar-refractivity contribution in [2.45, 2.75) is 57.4 Å². The summed E-state index contributed by atoms with van der Waals surface area (Å²) in [4.78, 5) is 51.4. The molecule has 2 fully saturated rings. The maximum Gasteiger partial charge on any atom is 0.326 e. The van der Waals surface area contributed by atoms with Crippen LogP contribution < -0.4 is 20.7 Å². The summed E-state index contributed by atoms with van der Waals surface area (Å²) in [6.45, 7) is 3.25. The molecule has 0 spiro atoms. The molecular weight excluding hydrogens is 476 g/mol. The van der Waals surface area contributed by atoms with Crippen LogP contribution in [-0.4, -0.2) is 79.6 Å². The predicted octanol–water partition coefficient (Wildman–Crippen LogP) is 1.33. The van der Waals surface area contributed by atoms with E-state index in [1.165, 1.54) is 0 Å². The molecule has 2 atom stereocenters. The molecule has 2 heterocycles. The van der Waals surface area contributed by atoms with Crippen molar-refractivity contribution in [2.75, 3.05) is 39.8 Å². The molecule has 0 aliphatic carbocycles. The lowest BCUT2D eigenvalue weighted by Gasteiger charge is -2.33. The Morgan fingerprint density at radius 1 is 1.14 bits per heavy atom. The summed E-state index contributed by atoms with van der Waals surface area (Å²) in [7, 11) is 1.59. The van der Waals surface area contributed by atoms with Crippen LogP contribution in [0.3, 0.4) is 0 Å². The van der Waals surface area contributed by atoms with Crippen molar-refractivity contribution >= 4 is 23.7 Å². The second-order valence-corrected chi connectivity index (χ2v) is 9.96. The SMILES string of the molecule is COc1ccc(CCNC(=O)C[C@H](NC(=O)[C@@H]2CCCN(C(=O)CCC3CCNCC3)C2)C(=O)O)cc1. The number of likely N-dealkylation sites (tertiary alicyclic amines) is 1. The number of hydrogen-bond acceptors (Lipinski definition) is 6. The van der Waals surface area contributed by atoms with Crippen molar-refractivity contribution in [1.82, 2.24) is 20.9 Å². The van der Waals surface area contributed by atoms with E-state index in [4.69, 9.17) is 4.74 Å². The van der Waals surface area contributed by atoms with Crippen molar-refractivity contribution in [3.63, 3.8) is 0 Å². The van der Waals surface area contributed by atoms with Gasteiger partial charge in [-0.15, -0.1) is 0 Å². The van der Waals surface area contributed by atoms with Crippen molar-refractivity contribution < 1.29 is 29.0 Å². The maximum atomic E-state index is 12.9. The molecule has 3 rings (SSSR count). The van der Waals surface area contributed by atoms with E-state index in [-0.39, 0.29) is 18.9 Å². The first-order valence-electron chi connectivity index (χ1n) is 13.3. The van der Waals surface area contributed by atoms with Gasteiger partial charge in [0.25, 0.3) is 0 Å². The monoisotopic (exact) mass is 516 g/mol. The Labute approximate surface area is 218 Å². The van der Waals surface area contributed by atoms with Crippen molar-refractivity contribution in [2.24, 2.45) is 11.8 Å². The maximum absolute atomic E-state index is 12.9. The van der Waals surface area contributed by atoms with E-state index in [0.29, 0.717) is 44.7 Å². The number of carbonyl (C=O) groups excluding carboxylic acids is 3. The molecule has 37 heavy (non-hydrogen) atoms. The second kappa shape index (κ2) is 14.6. The standard InChI is InChI=1S/C27H40N4O6/c1-37-22-7-4-19(5-8-22)12-15-29-24(32)17-23(27(35)36)30-26(34)21-3-2-16-31(18-21)25(33)9-6-20-10-13-28-14-11-20/h4-5,7-8,20-21,23,28H,2-3,6,9-18H2,1H3,(H,29,32)(H,30,34)(H,35,36)/t21-,23+/m1/s1. The summed E-state index contributed by atoms with van der Waals surface area (Å²) in [5.41, 5.74) is 1.01. The zero-order valence-electron chi connectivity index (χ0n) is 21.7. The summed E-state index contributed by atoms with van der Waals surface area (Å²) in [5, 5.41) is 18.2. The third-order valence-corrected chi connectivity index (χ3v) is 7.27. The van der Waals surface area contributed by atoms with E-state index in [1.807, 2.05) is 24.3 Å². The van der Waals surface area contributed by atoms with Gasteiger partial charge in [-0.25, -0.2) is 4.79 Å². The van der Waals surface area contributed by atoms with Crippen LogP contribution in [0.1, 0.15) is 50.5 Å². The first-order valence-corrected chi connectivity index (χ1v) is 13.3. The Kier molecular flexibility index (Phi) is 11.2. The lowest BCUT2D eigenvalue weighted by Crippen LogP contribution is -2.50. The number of methoxy groups -OCH3 is 1. The summed E-state index contributed by atoms with van der Waals surface area (Å²) in [5.74, 6) is -1.24. The van der Waals surface area contributed by atoms with E-state index in [9.17, 15) is 24.3 Å². The van der Waals surface area contributed by atoms with Gasteiger partial charge in [0.05, 0.1) is 19.4 Å². The molecule has 0 bridgehead atoms. The molecule has 2 aliphatic heterocycles. The molecule has 2 saturated heterocycles. The smallest absolute Gasteiger partial charge is 0.326 e. The van der Waals surface area contributed by atoms with Crippen molar-refractivity contribution in [3.05, 3.63) is 29.8 Å². The van der Waals surface area contributed by atoms with Crippen LogP contribution in [0.2, 0.25) is 0 Å². The number of piperidine rings is 2. The fraction of sp³-hybridized carbons (Fsp3) is 0.630. The molecule has 0 aromatic heterocycles. The summed E-state index contributed by atoms with van der Waals surface area (Å²) in [6, 6.07) is 6.15. The van der Waals surface area contributed by atoms with Crippen LogP contribution in [-0.2, 0) is 25.6 Å². The number of carbonyl (C=O) groups is 4. The molecule has 4 N–H and O–H groups in total. The Bertz CT molecular complexity index is 916. The topological polar surface area (TPSA) is 137 Å². The van der Waals surface area contributed by atoms with E-state index in [0.717, 1.165) is 43.7 Å². The number of benzene rings is 1. The Balaban J connectivity index is 1.41. The molecule has 1 aromatic carbocycles. The highest BCUT2D eigenvalue weighted by molar-refractivity contribution is 5.89. The lowest BCUT2D eigenvalue weighted by molar-refractivity contribution is -0.145. The van der Waals surface area contributed by atoms with Gasteiger partial charge in [-0.2, -0.15) is 0 Å². The number of amides is 3. The van der Waals surface area contributed by atoms with Gasteiger partial charge < -0.3 is 30.7 Å². The molecule has 0 radical (unpaired) electrons. The number of carboxylic acid groups (broad SMARTS) is 1. The van der Waals surface area contributed by atoms with Crippen molar-refractivity contribution in [3.8, 4) is 5.75 Å². The molecule has 10 nitrogen and oxygen atoms in total. The van der Waals surface area contributed by atoms with Crippen LogP contribution in [0.25, 0.3) is 0 Å². The Hall–Kier alpha value is -3.14. The molecular formula is C27H40N4O6. The average molecular weight is 517 g/mol. The van der Waals surface area contributed by atoms with Gasteiger partial charge in [0.1, 0.15) is 11.8 Å². The van der Waals surface area contributed by atoms with Gasteiger partial charge in [-0.05, 0) is 75.2 Å². The van der Waals surface area contributed by atoms with Gasteiger partial charge in [0, 0.05) is 26.1 Å². The first kappa shape index (κ1) is 28.4. The zero-order chi connectivity index (χ0) is 26.6. The largest absolute Gasteiger partial charge is 0.497 e. The van der Waals surface area contributed by atoms with Crippen LogP contribution >= 0.6 is 0 Å². The Morgan fingerprint density at radius 3 is 2.54 bits per heavy atom.